The minimum absolute atomic E-state index is 0.329. The Kier molecular flexibility index (Phi) is 5.18. The topological polar surface area (TPSA) is 38.2 Å². The highest BCUT2D eigenvalue weighted by atomic mass is 32.1. The lowest BCUT2D eigenvalue weighted by Crippen LogP contribution is -3.13. The fourth-order valence-corrected chi connectivity index (χ4v) is 3.98. The van der Waals surface area contributed by atoms with Gasteiger partial charge in [0.2, 0.25) is 6.79 Å². The van der Waals surface area contributed by atoms with Crippen molar-refractivity contribution < 1.29 is 14.4 Å². The number of fused-ring (bicyclic) bond motifs is 1. The highest BCUT2D eigenvalue weighted by molar-refractivity contribution is 7.80. The molecule has 0 atom stereocenters. The van der Waals surface area contributed by atoms with Crippen LogP contribution in [-0.4, -0.2) is 43.0 Å². The number of benzene rings is 2. The zero-order valence-corrected chi connectivity index (χ0v) is 16.7. The van der Waals surface area contributed by atoms with Gasteiger partial charge in [-0.2, -0.15) is 0 Å². The predicted octanol–water partition coefficient (Wildman–Crippen LogP) is 2.13. The number of thiocarbonyl (C=S) groups is 1. The molecule has 0 saturated carbocycles. The summed E-state index contributed by atoms with van der Waals surface area (Å²) in [4.78, 5) is 3.84. The van der Waals surface area contributed by atoms with Crippen LogP contribution in [0.25, 0.3) is 0 Å². The molecule has 0 aromatic heterocycles. The van der Waals surface area contributed by atoms with Gasteiger partial charge in [0.05, 0.1) is 26.2 Å². The second-order valence-corrected chi connectivity index (χ2v) is 7.74. The zero-order chi connectivity index (χ0) is 18.8. The lowest BCUT2D eigenvalue weighted by Gasteiger charge is -2.34. The second-order valence-electron chi connectivity index (χ2n) is 7.35. The maximum absolute atomic E-state index is 5.65. The normalized spacial score (nSPS) is 16.4. The number of ether oxygens (including phenoxy) is 2. The Morgan fingerprint density at radius 2 is 1.85 bits per heavy atom. The standard InChI is InChI=1S/C21H25N3O2S/c1-15-3-5-18(16(2)11-15)22-21(27)24-9-7-23(8-10-24)13-17-4-6-19-20(12-17)26-14-25-19/h3-6,11-12H,7-10,13-14H2,1-2H3,(H,22,27)/p+1. The number of aryl methyl sites for hydroxylation is 2. The Bertz CT molecular complexity index is 847. The van der Waals surface area contributed by atoms with E-state index in [0.29, 0.717) is 6.79 Å². The van der Waals surface area contributed by atoms with Crippen LogP contribution in [-0.2, 0) is 6.54 Å². The molecule has 0 radical (unpaired) electrons. The van der Waals surface area contributed by atoms with Crippen LogP contribution in [0.2, 0.25) is 0 Å². The van der Waals surface area contributed by atoms with E-state index in [2.05, 4.69) is 54.4 Å². The molecule has 2 heterocycles. The van der Waals surface area contributed by atoms with Crippen LogP contribution in [0.5, 0.6) is 11.5 Å². The third-order valence-corrected chi connectivity index (χ3v) is 5.63. The van der Waals surface area contributed by atoms with Crippen molar-refractivity contribution in [3.8, 4) is 11.5 Å². The largest absolute Gasteiger partial charge is 0.454 e. The van der Waals surface area contributed by atoms with Crippen molar-refractivity contribution in [2.45, 2.75) is 20.4 Å². The van der Waals surface area contributed by atoms with Crippen molar-refractivity contribution in [1.82, 2.24) is 4.90 Å². The molecule has 2 aromatic rings. The van der Waals surface area contributed by atoms with Crippen molar-refractivity contribution in [3.05, 3.63) is 53.1 Å². The lowest BCUT2D eigenvalue weighted by molar-refractivity contribution is -0.917. The zero-order valence-electron chi connectivity index (χ0n) is 15.9. The van der Waals surface area contributed by atoms with Gasteiger partial charge in [0.1, 0.15) is 6.54 Å². The molecule has 2 N–H and O–H groups in total. The van der Waals surface area contributed by atoms with Gasteiger partial charge in [-0.25, -0.2) is 0 Å². The Hall–Kier alpha value is -2.31. The fraction of sp³-hybridized carbons (Fsp3) is 0.381. The van der Waals surface area contributed by atoms with Crippen molar-refractivity contribution in [1.29, 1.82) is 0 Å². The summed E-state index contributed by atoms with van der Waals surface area (Å²) in [7, 11) is 0. The van der Waals surface area contributed by atoms with E-state index in [1.165, 1.54) is 16.7 Å². The van der Waals surface area contributed by atoms with Gasteiger partial charge in [-0.05, 0) is 55.9 Å². The van der Waals surface area contributed by atoms with Gasteiger partial charge in [-0.15, -0.1) is 0 Å². The molecule has 0 unspecified atom stereocenters. The number of piperazine rings is 1. The number of nitrogens with one attached hydrogen (secondary N) is 2. The summed E-state index contributed by atoms with van der Waals surface area (Å²) in [5.41, 5.74) is 4.88. The number of quaternary nitrogens is 1. The summed E-state index contributed by atoms with van der Waals surface area (Å²) in [6, 6.07) is 12.7. The van der Waals surface area contributed by atoms with Crippen LogP contribution < -0.4 is 19.7 Å². The summed E-state index contributed by atoms with van der Waals surface area (Å²) in [5.74, 6) is 1.71. The van der Waals surface area contributed by atoms with E-state index in [-0.39, 0.29) is 0 Å². The van der Waals surface area contributed by atoms with Crippen molar-refractivity contribution >= 4 is 23.0 Å². The molecule has 2 aromatic carbocycles. The molecule has 2 aliphatic rings. The minimum Gasteiger partial charge on any atom is -0.454 e. The number of hydrogen-bond donors (Lipinski definition) is 2. The van der Waals surface area contributed by atoms with Crippen LogP contribution >= 0.6 is 12.2 Å². The highest BCUT2D eigenvalue weighted by Gasteiger charge is 2.23. The highest BCUT2D eigenvalue weighted by Crippen LogP contribution is 2.32. The summed E-state index contributed by atoms with van der Waals surface area (Å²) in [6.45, 7) is 9.64. The van der Waals surface area contributed by atoms with Gasteiger partial charge in [-0.1, -0.05) is 17.7 Å². The molecular weight excluding hydrogens is 358 g/mol. The monoisotopic (exact) mass is 384 g/mol. The number of hydrogen-bond acceptors (Lipinski definition) is 3. The van der Waals surface area contributed by atoms with E-state index >= 15 is 0 Å². The average molecular weight is 385 g/mol. The first-order valence-electron chi connectivity index (χ1n) is 9.44. The molecule has 6 heteroatoms. The second kappa shape index (κ2) is 7.74. The van der Waals surface area contributed by atoms with E-state index in [9.17, 15) is 0 Å². The maximum Gasteiger partial charge on any atom is 0.231 e. The molecule has 1 saturated heterocycles. The third-order valence-electron chi connectivity index (χ3n) is 5.27. The molecule has 0 spiro atoms. The minimum atomic E-state index is 0.329. The number of nitrogens with zero attached hydrogens (tertiary/aromatic N) is 1. The third kappa shape index (κ3) is 4.17. The van der Waals surface area contributed by atoms with Crippen LogP contribution in [0.1, 0.15) is 16.7 Å². The Morgan fingerprint density at radius 1 is 1.07 bits per heavy atom. The van der Waals surface area contributed by atoms with E-state index in [4.69, 9.17) is 21.7 Å². The van der Waals surface area contributed by atoms with Crippen molar-refractivity contribution in [2.75, 3.05) is 38.3 Å². The number of rotatable bonds is 3. The molecule has 0 bridgehead atoms. The molecule has 27 heavy (non-hydrogen) atoms. The number of anilines is 1. The van der Waals surface area contributed by atoms with Gasteiger partial charge in [0.25, 0.3) is 0 Å². The molecule has 0 aliphatic carbocycles. The van der Waals surface area contributed by atoms with Crippen LogP contribution in [0, 0.1) is 13.8 Å². The van der Waals surface area contributed by atoms with Crippen LogP contribution in [0.15, 0.2) is 36.4 Å². The summed E-state index contributed by atoms with van der Waals surface area (Å²) >= 11 is 5.65. The van der Waals surface area contributed by atoms with Crippen LogP contribution in [0.4, 0.5) is 5.69 Å². The van der Waals surface area contributed by atoms with E-state index in [0.717, 1.165) is 55.0 Å². The molecule has 4 rings (SSSR count). The predicted molar refractivity (Wildman–Crippen MR) is 111 cm³/mol. The Morgan fingerprint density at radius 3 is 2.63 bits per heavy atom. The molecule has 2 aliphatic heterocycles. The van der Waals surface area contributed by atoms with Crippen molar-refractivity contribution in [2.24, 2.45) is 0 Å². The first-order valence-corrected chi connectivity index (χ1v) is 9.84. The Labute approximate surface area is 165 Å². The fourth-order valence-electron chi connectivity index (χ4n) is 3.69. The molecule has 0 amide bonds. The lowest BCUT2D eigenvalue weighted by atomic mass is 10.1. The first-order chi connectivity index (χ1) is 13.1. The molecule has 1 fully saturated rings. The van der Waals surface area contributed by atoms with E-state index in [1.54, 1.807) is 4.90 Å². The molecule has 5 nitrogen and oxygen atoms in total. The van der Waals surface area contributed by atoms with Gasteiger partial charge in [0, 0.05) is 11.3 Å². The van der Waals surface area contributed by atoms with E-state index < -0.39 is 0 Å². The van der Waals surface area contributed by atoms with Gasteiger partial charge in [-0.3, -0.25) is 0 Å². The van der Waals surface area contributed by atoms with Crippen LogP contribution in [0.3, 0.4) is 0 Å². The SMILES string of the molecule is Cc1ccc(NC(=S)N2CC[NH+](Cc3ccc4c(c3)OCO4)CC2)c(C)c1. The Balaban J connectivity index is 1.30. The molecular formula is C21H26N3O2S+. The summed E-state index contributed by atoms with van der Waals surface area (Å²) in [5, 5.41) is 4.24. The summed E-state index contributed by atoms with van der Waals surface area (Å²) in [6.07, 6.45) is 0. The first kappa shape index (κ1) is 18.1. The average Bonchev–Trinajstić information content (AvgIpc) is 3.12. The summed E-state index contributed by atoms with van der Waals surface area (Å²) < 4.78 is 10.9. The maximum atomic E-state index is 5.65. The van der Waals surface area contributed by atoms with Gasteiger partial charge < -0.3 is 24.6 Å². The van der Waals surface area contributed by atoms with E-state index in [1.807, 2.05) is 6.07 Å². The smallest absolute Gasteiger partial charge is 0.231 e. The van der Waals surface area contributed by atoms with Gasteiger partial charge >= 0.3 is 0 Å². The van der Waals surface area contributed by atoms with Crippen molar-refractivity contribution in [3.63, 3.8) is 0 Å². The molecule has 142 valence electrons. The van der Waals surface area contributed by atoms with Gasteiger partial charge in [0.15, 0.2) is 16.6 Å². The quantitative estimate of drug-likeness (QED) is 0.794.